The summed E-state index contributed by atoms with van der Waals surface area (Å²) in [6, 6.07) is 7.15. The summed E-state index contributed by atoms with van der Waals surface area (Å²) in [5, 5.41) is 0.672. The van der Waals surface area contributed by atoms with Gasteiger partial charge < -0.3 is 0 Å². The zero-order valence-electron chi connectivity index (χ0n) is 11.4. The maximum Gasteiger partial charge on any atom is 0.0369 e. The molecule has 18 heavy (non-hydrogen) atoms. The third-order valence-corrected chi connectivity index (χ3v) is 5.42. The second-order valence-corrected chi connectivity index (χ2v) is 6.65. The van der Waals surface area contributed by atoms with E-state index >= 15 is 0 Å². The first kappa shape index (κ1) is 13.9. The van der Waals surface area contributed by atoms with Crippen LogP contribution < -0.4 is 11.3 Å². The molecule has 1 heterocycles. The minimum atomic E-state index is 0.400. The van der Waals surface area contributed by atoms with Crippen LogP contribution in [-0.4, -0.2) is 17.0 Å². The zero-order valence-corrected chi connectivity index (χ0v) is 12.2. The van der Waals surface area contributed by atoms with Gasteiger partial charge in [-0.25, -0.2) is 0 Å². The van der Waals surface area contributed by atoms with Crippen LogP contribution in [-0.2, 0) is 6.42 Å². The van der Waals surface area contributed by atoms with E-state index in [1.165, 1.54) is 41.7 Å². The van der Waals surface area contributed by atoms with Crippen LogP contribution in [0.3, 0.4) is 0 Å². The molecule has 3 heteroatoms. The van der Waals surface area contributed by atoms with E-state index in [0.717, 1.165) is 6.42 Å². The molecule has 0 amide bonds. The van der Waals surface area contributed by atoms with E-state index in [4.69, 9.17) is 5.84 Å². The predicted octanol–water partition coefficient (Wildman–Crippen LogP) is 2.96. The summed E-state index contributed by atoms with van der Waals surface area (Å²) in [6.07, 6.45) is 5.05. The van der Waals surface area contributed by atoms with Crippen LogP contribution in [0.2, 0.25) is 0 Å². The van der Waals surface area contributed by atoms with E-state index in [-0.39, 0.29) is 0 Å². The summed E-state index contributed by atoms with van der Waals surface area (Å²) in [6.45, 7) is 4.34. The van der Waals surface area contributed by atoms with E-state index in [9.17, 15) is 0 Å². The summed E-state index contributed by atoms with van der Waals surface area (Å²) < 4.78 is 0. The number of nitrogens with two attached hydrogens (primary N) is 1. The van der Waals surface area contributed by atoms with Crippen LogP contribution in [0.25, 0.3) is 0 Å². The first-order valence-electron chi connectivity index (χ1n) is 6.84. The Kier molecular flexibility index (Phi) is 5.10. The standard InChI is InChI=1S/C15H24N2S/c1-11-6-7-13(9-12(11)2)10-14(17-16)15-5-3-4-8-18-15/h6-7,9,14-15,17H,3-5,8,10,16H2,1-2H3. The van der Waals surface area contributed by atoms with Crippen LogP contribution in [0.4, 0.5) is 0 Å². The number of benzene rings is 1. The van der Waals surface area contributed by atoms with E-state index in [0.29, 0.717) is 11.3 Å². The molecular formula is C15H24N2S. The number of thioether (sulfide) groups is 1. The van der Waals surface area contributed by atoms with Gasteiger partial charge in [0.2, 0.25) is 0 Å². The van der Waals surface area contributed by atoms with Crippen LogP contribution in [0.1, 0.15) is 36.0 Å². The largest absolute Gasteiger partial charge is 0.271 e. The van der Waals surface area contributed by atoms with Gasteiger partial charge in [-0.3, -0.25) is 11.3 Å². The highest BCUT2D eigenvalue weighted by Crippen LogP contribution is 2.28. The average molecular weight is 264 g/mol. The van der Waals surface area contributed by atoms with Gasteiger partial charge in [-0.1, -0.05) is 24.6 Å². The quantitative estimate of drug-likeness (QED) is 0.648. The maximum atomic E-state index is 5.76. The van der Waals surface area contributed by atoms with Gasteiger partial charge in [0, 0.05) is 11.3 Å². The molecule has 1 aliphatic rings. The number of hydrogen-bond donors (Lipinski definition) is 2. The summed E-state index contributed by atoms with van der Waals surface area (Å²) >= 11 is 2.08. The minimum Gasteiger partial charge on any atom is -0.271 e. The second kappa shape index (κ2) is 6.60. The molecular weight excluding hydrogens is 240 g/mol. The Labute approximate surface area is 115 Å². The van der Waals surface area contributed by atoms with Crippen molar-refractivity contribution in [3.63, 3.8) is 0 Å². The van der Waals surface area contributed by atoms with Crippen LogP contribution in [0.15, 0.2) is 18.2 Å². The van der Waals surface area contributed by atoms with Crippen molar-refractivity contribution < 1.29 is 0 Å². The fourth-order valence-corrected chi connectivity index (χ4v) is 3.98. The van der Waals surface area contributed by atoms with Crippen molar-refractivity contribution in [2.24, 2.45) is 5.84 Å². The van der Waals surface area contributed by atoms with Gasteiger partial charge >= 0.3 is 0 Å². The smallest absolute Gasteiger partial charge is 0.0369 e. The van der Waals surface area contributed by atoms with Gasteiger partial charge in [0.25, 0.3) is 0 Å². The topological polar surface area (TPSA) is 38.0 Å². The molecule has 0 radical (unpaired) electrons. The van der Waals surface area contributed by atoms with Crippen molar-refractivity contribution >= 4 is 11.8 Å². The third kappa shape index (κ3) is 3.50. The molecule has 100 valence electrons. The molecule has 0 aliphatic carbocycles. The van der Waals surface area contributed by atoms with Crippen LogP contribution >= 0.6 is 11.8 Å². The fourth-order valence-electron chi connectivity index (χ4n) is 2.57. The third-order valence-electron chi connectivity index (χ3n) is 3.90. The molecule has 3 N–H and O–H groups in total. The molecule has 0 bridgehead atoms. The van der Waals surface area contributed by atoms with E-state index < -0.39 is 0 Å². The Morgan fingerprint density at radius 2 is 2.17 bits per heavy atom. The summed E-state index contributed by atoms with van der Waals surface area (Å²) in [5.74, 6) is 7.04. The van der Waals surface area contributed by atoms with Gasteiger partial charge in [-0.2, -0.15) is 11.8 Å². The highest BCUT2D eigenvalue weighted by atomic mass is 32.2. The van der Waals surface area contributed by atoms with Crippen molar-refractivity contribution in [1.29, 1.82) is 0 Å². The lowest BCUT2D eigenvalue weighted by Crippen LogP contribution is -2.45. The Bertz CT molecular complexity index is 386. The normalized spacial score (nSPS) is 21.8. The number of rotatable bonds is 4. The molecule has 2 unspecified atom stereocenters. The van der Waals surface area contributed by atoms with Crippen molar-refractivity contribution in [2.45, 2.75) is 50.8 Å². The Hall–Kier alpha value is -0.510. The van der Waals surface area contributed by atoms with Gasteiger partial charge in [-0.05, 0) is 55.6 Å². The first-order valence-corrected chi connectivity index (χ1v) is 7.89. The molecule has 0 spiro atoms. The summed E-state index contributed by atoms with van der Waals surface area (Å²) in [5.41, 5.74) is 7.17. The molecule has 2 nitrogen and oxygen atoms in total. The molecule has 1 aliphatic heterocycles. The number of aryl methyl sites for hydroxylation is 2. The monoisotopic (exact) mass is 264 g/mol. The van der Waals surface area contributed by atoms with E-state index in [2.05, 4.69) is 49.2 Å². The molecule has 2 atom stereocenters. The molecule has 0 aromatic heterocycles. The number of hydrogen-bond acceptors (Lipinski definition) is 3. The lowest BCUT2D eigenvalue weighted by molar-refractivity contribution is 0.472. The number of nitrogens with one attached hydrogen (secondary N) is 1. The molecule has 2 rings (SSSR count). The van der Waals surface area contributed by atoms with Gasteiger partial charge in [0.05, 0.1) is 0 Å². The molecule has 1 aromatic carbocycles. The first-order chi connectivity index (χ1) is 8.70. The lowest BCUT2D eigenvalue weighted by Gasteiger charge is -2.29. The zero-order chi connectivity index (χ0) is 13.0. The minimum absolute atomic E-state index is 0.400. The van der Waals surface area contributed by atoms with Crippen molar-refractivity contribution in [3.05, 3.63) is 34.9 Å². The molecule has 1 aromatic rings. The van der Waals surface area contributed by atoms with Crippen molar-refractivity contribution in [2.75, 3.05) is 5.75 Å². The fraction of sp³-hybridized carbons (Fsp3) is 0.600. The second-order valence-electron chi connectivity index (χ2n) is 5.30. The predicted molar refractivity (Wildman–Crippen MR) is 80.8 cm³/mol. The van der Waals surface area contributed by atoms with E-state index in [1.54, 1.807) is 0 Å². The van der Waals surface area contributed by atoms with E-state index in [1.807, 2.05) is 0 Å². The van der Waals surface area contributed by atoms with Crippen LogP contribution in [0.5, 0.6) is 0 Å². The lowest BCUT2D eigenvalue weighted by atomic mass is 9.97. The van der Waals surface area contributed by atoms with Gasteiger partial charge in [-0.15, -0.1) is 0 Å². The van der Waals surface area contributed by atoms with Gasteiger partial charge in [0.1, 0.15) is 0 Å². The van der Waals surface area contributed by atoms with Crippen molar-refractivity contribution in [1.82, 2.24) is 5.43 Å². The number of hydrazine groups is 1. The maximum absolute atomic E-state index is 5.76. The molecule has 1 fully saturated rings. The SMILES string of the molecule is Cc1ccc(CC(NN)C2CCCCS2)cc1C. The Balaban J connectivity index is 2.02. The average Bonchev–Trinajstić information content (AvgIpc) is 2.41. The summed E-state index contributed by atoms with van der Waals surface area (Å²) in [7, 11) is 0. The highest BCUT2D eigenvalue weighted by molar-refractivity contribution is 8.00. The van der Waals surface area contributed by atoms with Crippen LogP contribution in [0, 0.1) is 13.8 Å². The van der Waals surface area contributed by atoms with Crippen molar-refractivity contribution in [3.8, 4) is 0 Å². The van der Waals surface area contributed by atoms with Gasteiger partial charge in [0.15, 0.2) is 0 Å². The summed E-state index contributed by atoms with van der Waals surface area (Å²) in [4.78, 5) is 0. The highest BCUT2D eigenvalue weighted by Gasteiger charge is 2.23. The Morgan fingerprint density at radius 1 is 1.33 bits per heavy atom. The molecule has 1 saturated heterocycles. The molecule has 0 saturated carbocycles. The Morgan fingerprint density at radius 3 is 2.78 bits per heavy atom.